The number of alkyl halides is 1. The van der Waals surface area contributed by atoms with Crippen LogP contribution in [0.5, 0.6) is 11.8 Å². The van der Waals surface area contributed by atoms with Crippen LogP contribution >= 0.6 is 0 Å². The summed E-state index contributed by atoms with van der Waals surface area (Å²) in [5.74, 6) is 1.26. The van der Waals surface area contributed by atoms with E-state index in [4.69, 9.17) is 11.2 Å². The van der Waals surface area contributed by atoms with Gasteiger partial charge in [0.25, 0.3) is 0 Å². The summed E-state index contributed by atoms with van der Waals surface area (Å²) < 4.78 is 49.9. The average molecular weight is 602 g/mol. The Morgan fingerprint density at radius 3 is 2.66 bits per heavy atom. The molecule has 0 aliphatic carbocycles. The van der Waals surface area contributed by atoms with E-state index in [1.807, 2.05) is 0 Å². The summed E-state index contributed by atoms with van der Waals surface area (Å²) in [5, 5.41) is 15.1. The van der Waals surface area contributed by atoms with Gasteiger partial charge in [-0.05, 0) is 68.3 Å². The van der Waals surface area contributed by atoms with E-state index in [1.165, 1.54) is 38.2 Å². The number of nitrogens with one attached hydrogen (secondary N) is 1. The maximum absolute atomic E-state index is 16.2. The number of ether oxygens (including phenoxy) is 1. The van der Waals surface area contributed by atoms with E-state index in [2.05, 4.69) is 31.0 Å². The van der Waals surface area contributed by atoms with Gasteiger partial charge in [-0.15, -0.1) is 6.42 Å². The van der Waals surface area contributed by atoms with Gasteiger partial charge in [0, 0.05) is 59.7 Å². The number of terminal acetylenes is 1. The summed E-state index contributed by atoms with van der Waals surface area (Å²) in [6.07, 6.45) is 10.5. The fourth-order valence-corrected chi connectivity index (χ4v) is 7.44. The Hall–Kier alpha value is -4.07. The largest absolute Gasteiger partial charge is 0.508 e. The van der Waals surface area contributed by atoms with E-state index < -0.39 is 17.8 Å². The topological polar surface area (TPSA) is 73.8 Å². The van der Waals surface area contributed by atoms with Crippen molar-refractivity contribution >= 4 is 27.5 Å². The van der Waals surface area contributed by atoms with E-state index in [1.54, 1.807) is 18.2 Å². The summed E-state index contributed by atoms with van der Waals surface area (Å²) >= 11 is 0. The van der Waals surface area contributed by atoms with Crippen LogP contribution in [-0.2, 0) is 0 Å². The highest BCUT2D eigenvalue weighted by atomic mass is 19.1. The number of hydrogen-bond acceptors (Lipinski definition) is 7. The predicted molar refractivity (Wildman–Crippen MR) is 165 cm³/mol. The minimum Gasteiger partial charge on any atom is -0.508 e. The molecule has 5 aliphatic heterocycles. The van der Waals surface area contributed by atoms with Crippen LogP contribution in [0.1, 0.15) is 37.7 Å². The minimum absolute atomic E-state index is 0.00319. The Morgan fingerprint density at radius 2 is 1.95 bits per heavy atom. The fourth-order valence-electron chi connectivity index (χ4n) is 7.44. The summed E-state index contributed by atoms with van der Waals surface area (Å²) in [5.41, 5.74) is 0.266. The second kappa shape index (κ2) is 11.5. The second-order valence-corrected chi connectivity index (χ2v) is 12.1. The number of benzene rings is 3. The Morgan fingerprint density at radius 1 is 1.09 bits per heavy atom. The summed E-state index contributed by atoms with van der Waals surface area (Å²) in [4.78, 5) is 13.1. The number of rotatable bonds is 3. The molecule has 0 amide bonds. The molecule has 2 bridgehead atoms. The third-order valence-electron chi connectivity index (χ3n) is 9.49. The van der Waals surface area contributed by atoms with Gasteiger partial charge in [-0.25, -0.2) is 13.2 Å². The molecule has 1 aromatic heterocycles. The third-order valence-corrected chi connectivity index (χ3v) is 9.49. The lowest BCUT2D eigenvalue weighted by molar-refractivity contribution is 0.288. The van der Waals surface area contributed by atoms with Crippen LogP contribution in [0.15, 0.2) is 36.4 Å². The Kier molecular flexibility index (Phi) is 7.47. The molecule has 5 saturated heterocycles. The molecular formula is C34H34F3N5O2. The number of nitrogens with zero attached hydrogens (tertiary/aromatic N) is 4. The lowest BCUT2D eigenvalue weighted by Crippen LogP contribution is -2.61. The quantitative estimate of drug-likeness (QED) is 0.298. The van der Waals surface area contributed by atoms with Crippen molar-refractivity contribution in [3.05, 3.63) is 53.6 Å². The van der Waals surface area contributed by atoms with Crippen LogP contribution in [0.4, 0.5) is 19.0 Å². The molecule has 4 unspecified atom stereocenters. The maximum Gasteiger partial charge on any atom is 0.318 e. The molecular weight excluding hydrogens is 567 g/mol. The first kappa shape index (κ1) is 28.7. The minimum atomic E-state index is -0.860. The number of aromatic hydroxyl groups is 1. The van der Waals surface area contributed by atoms with Gasteiger partial charge in [-0.2, -0.15) is 9.97 Å². The van der Waals surface area contributed by atoms with Gasteiger partial charge < -0.3 is 20.1 Å². The fraction of sp³-hybridized carbons (Fsp3) is 0.412. The lowest BCUT2D eigenvalue weighted by atomic mass is 9.91. The van der Waals surface area contributed by atoms with Crippen molar-refractivity contribution in [1.29, 1.82) is 0 Å². The van der Waals surface area contributed by atoms with Crippen LogP contribution in [0, 0.1) is 24.0 Å². The first-order valence-corrected chi connectivity index (χ1v) is 15.2. The number of fused-ring (bicyclic) bond motifs is 6. The highest BCUT2D eigenvalue weighted by Crippen LogP contribution is 2.42. The van der Waals surface area contributed by atoms with Crippen molar-refractivity contribution in [1.82, 2.24) is 20.2 Å². The van der Waals surface area contributed by atoms with Crippen molar-refractivity contribution < 1.29 is 23.0 Å². The Labute approximate surface area is 254 Å². The van der Waals surface area contributed by atoms with Crippen LogP contribution < -0.4 is 15.0 Å². The molecule has 5 fully saturated rings. The molecule has 5 aliphatic rings. The van der Waals surface area contributed by atoms with Gasteiger partial charge in [0.1, 0.15) is 29.1 Å². The van der Waals surface area contributed by atoms with E-state index in [0.717, 1.165) is 32.4 Å². The van der Waals surface area contributed by atoms with E-state index >= 15 is 8.78 Å². The molecule has 10 heteroatoms. The number of phenolic OH excluding ortho intramolecular Hbond substituents is 1. The zero-order valence-electron chi connectivity index (χ0n) is 24.5. The molecule has 4 atom stereocenters. The second-order valence-electron chi connectivity index (χ2n) is 12.1. The number of piperazine rings is 1. The molecule has 2 N–H and O–H groups in total. The van der Waals surface area contributed by atoms with E-state index in [9.17, 15) is 9.50 Å². The molecule has 3 aromatic carbocycles. The highest BCUT2D eigenvalue weighted by molar-refractivity contribution is 6.04. The first-order chi connectivity index (χ1) is 21.3. The van der Waals surface area contributed by atoms with Gasteiger partial charge >= 0.3 is 6.01 Å². The molecule has 44 heavy (non-hydrogen) atoms. The van der Waals surface area contributed by atoms with Crippen molar-refractivity contribution in [3.63, 3.8) is 0 Å². The molecule has 0 radical (unpaired) electrons. The normalized spacial score (nSPS) is 24.3. The number of phenols is 1. The van der Waals surface area contributed by atoms with Crippen LogP contribution in [0.3, 0.4) is 0 Å². The molecule has 9 rings (SSSR count). The molecule has 0 saturated carbocycles. The van der Waals surface area contributed by atoms with Crippen molar-refractivity contribution in [2.24, 2.45) is 0 Å². The van der Waals surface area contributed by atoms with Gasteiger partial charge in [0.05, 0.1) is 12.7 Å². The summed E-state index contributed by atoms with van der Waals surface area (Å²) in [6, 6.07) is 10.4. The molecule has 0 spiro atoms. The number of aromatic nitrogens is 2. The Balaban J connectivity index is 0.000000296. The van der Waals surface area contributed by atoms with Gasteiger partial charge in [-0.3, -0.25) is 4.90 Å². The monoisotopic (exact) mass is 601 g/mol. The zero-order chi connectivity index (χ0) is 30.5. The summed E-state index contributed by atoms with van der Waals surface area (Å²) in [6.45, 7) is 3.33. The lowest BCUT2D eigenvalue weighted by Gasteiger charge is -2.46. The number of hydrogen-bond donors (Lipinski definition) is 2. The number of anilines is 1. The predicted octanol–water partition coefficient (Wildman–Crippen LogP) is 5.56. The van der Waals surface area contributed by atoms with Crippen molar-refractivity contribution in [3.8, 4) is 35.2 Å². The average Bonchev–Trinajstić information content (AvgIpc) is 3.62. The number of halogens is 3. The maximum atomic E-state index is 16.2. The van der Waals surface area contributed by atoms with Crippen molar-refractivity contribution in [2.45, 2.75) is 56.4 Å². The van der Waals surface area contributed by atoms with Crippen LogP contribution in [0.2, 0.25) is 0 Å². The van der Waals surface area contributed by atoms with Crippen LogP contribution in [0.25, 0.3) is 32.8 Å². The van der Waals surface area contributed by atoms with Crippen molar-refractivity contribution in [2.75, 3.05) is 38.2 Å². The van der Waals surface area contributed by atoms with Gasteiger partial charge in [0.15, 0.2) is 5.82 Å². The van der Waals surface area contributed by atoms with E-state index in [0.29, 0.717) is 47.3 Å². The zero-order valence-corrected chi connectivity index (χ0v) is 24.5. The van der Waals surface area contributed by atoms with Gasteiger partial charge in [0.2, 0.25) is 0 Å². The number of methoxy groups -OCH3 is 1. The number of piperidine rings is 2. The molecule has 6 heterocycles. The third kappa shape index (κ3) is 4.98. The van der Waals surface area contributed by atoms with E-state index in [-0.39, 0.29) is 39.8 Å². The standard InChI is InChI=1S/C27H22F2N4O2.C7H12FN/c1-3-14-5-4-6-15-9-18(34)10-19(22(14)15)23-21(28)11-20-25(24(23)29)31-27(35-2)32-26(20)33-13-16-7-8-17(33)12-30-16;8-6-4-7-2-1-3-9(7)5-6/h1,4-6,9-11,16-17,30,34H,7-8,12-13H2,2H3;6-7H,1-5H2. The summed E-state index contributed by atoms with van der Waals surface area (Å²) in [7, 11) is 1.42. The highest BCUT2D eigenvalue weighted by Gasteiger charge is 2.36. The smallest absolute Gasteiger partial charge is 0.318 e. The molecule has 4 aromatic rings. The van der Waals surface area contributed by atoms with Gasteiger partial charge in [-0.1, -0.05) is 18.1 Å². The first-order valence-electron chi connectivity index (χ1n) is 15.2. The Bertz CT molecular complexity index is 1770. The SMILES string of the molecule is C#Cc1cccc2cc(O)cc(-c3c(F)cc4c(N5CC6CCC5CN6)nc(OC)nc4c3F)c12.FC1CC2CCCN2C1. The molecule has 228 valence electrons. The van der Waals surface area contributed by atoms with Crippen LogP contribution in [-0.4, -0.2) is 77.6 Å². The molecule has 7 nitrogen and oxygen atoms in total.